The third kappa shape index (κ3) is 4.14. The molecule has 0 spiro atoms. The van der Waals surface area contributed by atoms with Crippen LogP contribution in [0.1, 0.15) is 22.3 Å². The number of rotatable bonds is 7. The van der Waals surface area contributed by atoms with Gasteiger partial charge in [-0.2, -0.15) is 0 Å². The van der Waals surface area contributed by atoms with E-state index in [4.69, 9.17) is 0 Å². The van der Waals surface area contributed by atoms with E-state index in [1.165, 1.54) is 34.4 Å². The van der Waals surface area contributed by atoms with E-state index in [1.54, 1.807) is 30.0 Å². The molecule has 0 saturated heterocycles. The Morgan fingerprint density at radius 3 is 2.36 bits per heavy atom. The maximum absolute atomic E-state index is 10.9. The van der Waals surface area contributed by atoms with Gasteiger partial charge in [-0.1, -0.05) is 35.5 Å². The van der Waals surface area contributed by atoms with Crippen molar-refractivity contribution in [2.45, 2.75) is 38.2 Å². The Bertz CT molecular complexity index is 1000. The van der Waals surface area contributed by atoms with E-state index in [-0.39, 0.29) is 5.69 Å². The minimum absolute atomic E-state index is 0.0541. The summed E-state index contributed by atoms with van der Waals surface area (Å²) in [5, 5.41) is 20.4. The maximum atomic E-state index is 10.9. The first-order chi connectivity index (χ1) is 13.4. The zero-order valence-electron chi connectivity index (χ0n) is 16.2. The van der Waals surface area contributed by atoms with Gasteiger partial charge in [0.1, 0.15) is 0 Å². The molecule has 0 radical (unpaired) electrons. The Kier molecular flexibility index (Phi) is 5.94. The van der Waals surface area contributed by atoms with Crippen molar-refractivity contribution in [1.82, 2.24) is 14.8 Å². The first-order valence-corrected chi connectivity index (χ1v) is 9.87. The Morgan fingerprint density at radius 2 is 1.79 bits per heavy atom. The summed E-state index contributed by atoms with van der Waals surface area (Å²) in [6.45, 7) is 10.8. The molecule has 1 aromatic heterocycles. The molecule has 0 saturated carbocycles. The van der Waals surface area contributed by atoms with Gasteiger partial charge >= 0.3 is 0 Å². The normalized spacial score (nSPS) is 10.8. The fraction of sp³-hybridized carbons (Fsp3) is 0.238. The molecule has 0 aliphatic heterocycles. The van der Waals surface area contributed by atoms with Gasteiger partial charge in [0.2, 0.25) is 0 Å². The van der Waals surface area contributed by atoms with E-state index in [0.29, 0.717) is 12.4 Å². The highest BCUT2D eigenvalue weighted by atomic mass is 32.2. The smallest absolute Gasteiger partial charge is 0.269 e. The van der Waals surface area contributed by atoms with Crippen molar-refractivity contribution in [3.8, 4) is 11.4 Å². The van der Waals surface area contributed by atoms with Crippen molar-refractivity contribution in [3.63, 3.8) is 0 Å². The molecule has 28 heavy (non-hydrogen) atoms. The van der Waals surface area contributed by atoms with Crippen molar-refractivity contribution >= 4 is 17.4 Å². The number of allylic oxidation sites excluding steroid dienone is 1. The van der Waals surface area contributed by atoms with Gasteiger partial charge in [0.05, 0.1) is 4.92 Å². The fourth-order valence-corrected chi connectivity index (χ4v) is 4.35. The van der Waals surface area contributed by atoms with Gasteiger partial charge in [0.15, 0.2) is 11.0 Å². The molecule has 0 unspecified atom stereocenters. The van der Waals surface area contributed by atoms with Crippen LogP contribution in [0.4, 0.5) is 5.69 Å². The van der Waals surface area contributed by atoms with E-state index >= 15 is 0 Å². The molecule has 6 nitrogen and oxygen atoms in total. The molecular weight excluding hydrogens is 372 g/mol. The topological polar surface area (TPSA) is 73.8 Å². The van der Waals surface area contributed by atoms with Crippen molar-refractivity contribution < 1.29 is 4.92 Å². The number of aryl methyl sites for hydroxylation is 3. The zero-order chi connectivity index (χ0) is 20.3. The largest absolute Gasteiger partial charge is 0.298 e. The quantitative estimate of drug-likeness (QED) is 0.237. The molecule has 2 aromatic carbocycles. The van der Waals surface area contributed by atoms with E-state index in [1.807, 2.05) is 4.57 Å². The number of nitro benzene ring substituents is 1. The maximum Gasteiger partial charge on any atom is 0.269 e. The second kappa shape index (κ2) is 8.39. The molecule has 0 N–H and O–H groups in total. The second-order valence-electron chi connectivity index (χ2n) is 6.68. The predicted octanol–water partition coefficient (Wildman–Crippen LogP) is 5.26. The number of benzene rings is 2. The van der Waals surface area contributed by atoms with Gasteiger partial charge in [-0.05, 0) is 49.6 Å². The summed E-state index contributed by atoms with van der Waals surface area (Å²) in [6.07, 6.45) is 1.80. The average molecular weight is 395 g/mol. The summed E-state index contributed by atoms with van der Waals surface area (Å²) < 4.78 is 1.98. The highest BCUT2D eigenvalue weighted by Gasteiger charge is 2.16. The molecule has 1 heterocycles. The van der Waals surface area contributed by atoms with Crippen LogP contribution in [0.3, 0.4) is 0 Å². The molecule has 7 heteroatoms. The number of non-ortho nitro benzene ring substituents is 1. The molecule has 0 aliphatic carbocycles. The summed E-state index contributed by atoms with van der Waals surface area (Å²) >= 11 is 1.63. The highest BCUT2D eigenvalue weighted by molar-refractivity contribution is 7.98. The zero-order valence-corrected chi connectivity index (χ0v) is 17.0. The lowest BCUT2D eigenvalue weighted by atomic mass is 10.0. The van der Waals surface area contributed by atoms with Gasteiger partial charge in [0, 0.05) is 30.0 Å². The molecule has 0 fully saturated rings. The van der Waals surface area contributed by atoms with Crippen LogP contribution in [0.2, 0.25) is 0 Å². The van der Waals surface area contributed by atoms with Gasteiger partial charge in [0.25, 0.3) is 5.69 Å². The Morgan fingerprint density at radius 1 is 1.14 bits per heavy atom. The standard InChI is InChI=1S/C21H22N4O2S/c1-5-10-24-20(17-6-8-18(9-7-17)25(26)27)22-23-21(24)28-13-19-15(3)11-14(2)12-16(19)4/h5-9,11-12H,1,10,13H2,2-4H3. The molecule has 0 atom stereocenters. The second-order valence-corrected chi connectivity index (χ2v) is 7.62. The number of nitro groups is 1. The summed E-state index contributed by atoms with van der Waals surface area (Å²) in [6, 6.07) is 10.7. The summed E-state index contributed by atoms with van der Waals surface area (Å²) in [5.74, 6) is 1.47. The van der Waals surface area contributed by atoms with Crippen molar-refractivity contribution in [2.75, 3.05) is 0 Å². The summed E-state index contributed by atoms with van der Waals surface area (Å²) in [5.41, 5.74) is 5.96. The number of hydrogen-bond donors (Lipinski definition) is 0. The highest BCUT2D eigenvalue weighted by Crippen LogP contribution is 2.29. The lowest BCUT2D eigenvalue weighted by Crippen LogP contribution is -2.01. The third-order valence-corrected chi connectivity index (χ3v) is 5.54. The lowest BCUT2D eigenvalue weighted by molar-refractivity contribution is -0.384. The first-order valence-electron chi connectivity index (χ1n) is 8.89. The monoisotopic (exact) mass is 394 g/mol. The Labute approximate surface area is 168 Å². The van der Waals surface area contributed by atoms with Gasteiger partial charge in [-0.25, -0.2) is 0 Å². The minimum Gasteiger partial charge on any atom is -0.298 e. The van der Waals surface area contributed by atoms with Crippen LogP contribution in [0.15, 0.2) is 54.2 Å². The molecule has 0 bridgehead atoms. The Hall–Kier alpha value is -2.93. The number of thioether (sulfide) groups is 1. The lowest BCUT2D eigenvalue weighted by Gasteiger charge is -2.12. The molecule has 144 valence electrons. The molecular formula is C21H22N4O2S. The third-order valence-electron chi connectivity index (χ3n) is 4.55. The van der Waals surface area contributed by atoms with Crippen LogP contribution >= 0.6 is 11.8 Å². The van der Waals surface area contributed by atoms with Crippen LogP contribution in [0.5, 0.6) is 0 Å². The number of nitrogens with zero attached hydrogens (tertiary/aromatic N) is 4. The van der Waals surface area contributed by atoms with Crippen molar-refractivity contribution in [2.24, 2.45) is 0 Å². The SMILES string of the molecule is C=CCn1c(SCc2c(C)cc(C)cc2C)nnc1-c1ccc([N+](=O)[O-])cc1. The Balaban J connectivity index is 1.89. The van der Waals surface area contributed by atoms with Crippen LogP contribution < -0.4 is 0 Å². The van der Waals surface area contributed by atoms with Crippen LogP contribution in [-0.2, 0) is 12.3 Å². The molecule has 3 aromatic rings. The summed E-state index contributed by atoms with van der Waals surface area (Å²) in [7, 11) is 0. The van der Waals surface area contributed by atoms with E-state index in [2.05, 4.69) is 49.7 Å². The van der Waals surface area contributed by atoms with Gasteiger partial charge < -0.3 is 0 Å². The van der Waals surface area contributed by atoms with Gasteiger partial charge in [-0.15, -0.1) is 16.8 Å². The first kappa shape index (κ1) is 19.8. The number of aromatic nitrogens is 3. The molecule has 0 aliphatic rings. The van der Waals surface area contributed by atoms with Crippen LogP contribution in [0.25, 0.3) is 11.4 Å². The minimum atomic E-state index is -0.411. The van der Waals surface area contributed by atoms with Crippen molar-refractivity contribution in [1.29, 1.82) is 0 Å². The van der Waals surface area contributed by atoms with Gasteiger partial charge in [-0.3, -0.25) is 14.7 Å². The fourth-order valence-electron chi connectivity index (χ4n) is 3.21. The molecule has 3 rings (SSSR count). The summed E-state index contributed by atoms with van der Waals surface area (Å²) in [4.78, 5) is 10.5. The predicted molar refractivity (Wildman–Crippen MR) is 113 cm³/mol. The van der Waals surface area contributed by atoms with E-state index in [9.17, 15) is 10.1 Å². The van der Waals surface area contributed by atoms with E-state index in [0.717, 1.165) is 16.5 Å². The van der Waals surface area contributed by atoms with E-state index < -0.39 is 4.92 Å². The van der Waals surface area contributed by atoms with Crippen molar-refractivity contribution in [3.05, 3.63) is 81.4 Å². The van der Waals surface area contributed by atoms with Crippen LogP contribution in [0, 0.1) is 30.9 Å². The van der Waals surface area contributed by atoms with Crippen LogP contribution in [-0.4, -0.2) is 19.7 Å². The molecule has 0 amide bonds. The number of hydrogen-bond acceptors (Lipinski definition) is 5. The average Bonchev–Trinajstić information content (AvgIpc) is 3.04.